The maximum atomic E-state index is 12.4. The fraction of sp³-hybridized carbons (Fsp3) is 0.529. The van der Waals surface area contributed by atoms with E-state index in [9.17, 15) is 9.59 Å². The van der Waals surface area contributed by atoms with Gasteiger partial charge in [0.2, 0.25) is 5.91 Å². The molecule has 0 radical (unpaired) electrons. The van der Waals surface area contributed by atoms with E-state index in [1.54, 1.807) is 0 Å². The summed E-state index contributed by atoms with van der Waals surface area (Å²) in [5, 5.41) is 0. The summed E-state index contributed by atoms with van der Waals surface area (Å²) >= 11 is 0. The quantitative estimate of drug-likeness (QED) is 0.830. The number of ketones is 1. The standard InChI is InChI=1S/C17H23NO2/c1-11-9-12(2)14(4)16(13(11)3)10-17(20)18-7-5-15(19)6-8-18/h9H,5-8,10H2,1-4H3. The second-order valence-electron chi connectivity index (χ2n) is 5.84. The van der Waals surface area contributed by atoms with Crippen molar-refractivity contribution in [2.45, 2.75) is 47.0 Å². The van der Waals surface area contributed by atoms with Crippen LogP contribution >= 0.6 is 0 Å². The first-order chi connectivity index (χ1) is 9.40. The van der Waals surface area contributed by atoms with Crippen LogP contribution in [0.4, 0.5) is 0 Å². The molecule has 1 fully saturated rings. The fourth-order valence-corrected chi connectivity index (χ4v) is 2.83. The highest BCUT2D eigenvalue weighted by atomic mass is 16.2. The molecule has 1 amide bonds. The molecule has 1 aliphatic heterocycles. The number of hydrogen-bond acceptors (Lipinski definition) is 2. The molecule has 20 heavy (non-hydrogen) atoms. The van der Waals surface area contributed by atoms with Crippen molar-refractivity contribution in [3.63, 3.8) is 0 Å². The topological polar surface area (TPSA) is 37.4 Å². The number of hydrogen-bond donors (Lipinski definition) is 0. The predicted molar refractivity (Wildman–Crippen MR) is 79.9 cm³/mol. The summed E-state index contributed by atoms with van der Waals surface area (Å²) in [6.45, 7) is 9.53. The summed E-state index contributed by atoms with van der Waals surface area (Å²) in [7, 11) is 0. The van der Waals surface area contributed by atoms with Crippen LogP contribution in [0.25, 0.3) is 0 Å². The van der Waals surface area contributed by atoms with Crippen molar-refractivity contribution in [3.05, 3.63) is 33.9 Å². The third kappa shape index (κ3) is 2.92. The smallest absolute Gasteiger partial charge is 0.227 e. The van der Waals surface area contributed by atoms with Crippen LogP contribution in [-0.2, 0) is 16.0 Å². The summed E-state index contributed by atoms with van der Waals surface area (Å²) < 4.78 is 0. The van der Waals surface area contributed by atoms with E-state index in [1.165, 1.54) is 22.3 Å². The zero-order chi connectivity index (χ0) is 14.9. The highest BCUT2D eigenvalue weighted by Crippen LogP contribution is 2.23. The van der Waals surface area contributed by atoms with E-state index in [4.69, 9.17) is 0 Å². The van der Waals surface area contributed by atoms with Crippen molar-refractivity contribution in [1.82, 2.24) is 4.90 Å². The van der Waals surface area contributed by atoms with Gasteiger partial charge in [-0.1, -0.05) is 6.07 Å². The van der Waals surface area contributed by atoms with Crippen LogP contribution in [0.15, 0.2) is 6.07 Å². The first kappa shape index (κ1) is 14.8. The monoisotopic (exact) mass is 273 g/mol. The lowest BCUT2D eigenvalue weighted by Gasteiger charge is -2.27. The molecular weight excluding hydrogens is 250 g/mol. The van der Waals surface area contributed by atoms with Gasteiger partial charge in [-0.15, -0.1) is 0 Å². The molecule has 0 aliphatic carbocycles. The number of carbonyl (C=O) groups is 2. The van der Waals surface area contributed by atoms with Crippen LogP contribution in [0, 0.1) is 27.7 Å². The Morgan fingerprint density at radius 2 is 1.55 bits per heavy atom. The second-order valence-corrected chi connectivity index (χ2v) is 5.84. The van der Waals surface area contributed by atoms with Crippen molar-refractivity contribution in [2.24, 2.45) is 0 Å². The third-order valence-electron chi connectivity index (χ3n) is 4.52. The fourth-order valence-electron chi connectivity index (χ4n) is 2.83. The second kappa shape index (κ2) is 5.78. The molecule has 1 aromatic carbocycles. The van der Waals surface area contributed by atoms with Crippen LogP contribution in [0.3, 0.4) is 0 Å². The zero-order valence-electron chi connectivity index (χ0n) is 12.9. The average Bonchev–Trinajstić information content (AvgIpc) is 2.42. The lowest BCUT2D eigenvalue weighted by Crippen LogP contribution is -2.39. The zero-order valence-corrected chi connectivity index (χ0v) is 12.9. The minimum Gasteiger partial charge on any atom is -0.342 e. The molecular formula is C17H23NO2. The number of piperidine rings is 1. The summed E-state index contributed by atoms with van der Waals surface area (Å²) in [5.41, 5.74) is 6.07. The summed E-state index contributed by atoms with van der Waals surface area (Å²) in [5.74, 6) is 0.418. The van der Waals surface area contributed by atoms with Gasteiger partial charge < -0.3 is 4.90 Å². The molecule has 0 unspecified atom stereocenters. The van der Waals surface area contributed by atoms with Crippen LogP contribution in [-0.4, -0.2) is 29.7 Å². The molecule has 0 spiro atoms. The van der Waals surface area contributed by atoms with E-state index < -0.39 is 0 Å². The molecule has 0 aromatic heterocycles. The van der Waals surface area contributed by atoms with Gasteiger partial charge >= 0.3 is 0 Å². The van der Waals surface area contributed by atoms with Crippen LogP contribution < -0.4 is 0 Å². The molecule has 3 heteroatoms. The van der Waals surface area contributed by atoms with Crippen molar-refractivity contribution in [3.8, 4) is 0 Å². The van der Waals surface area contributed by atoms with E-state index in [-0.39, 0.29) is 11.7 Å². The van der Waals surface area contributed by atoms with Gasteiger partial charge in [0, 0.05) is 25.9 Å². The first-order valence-electron chi connectivity index (χ1n) is 7.26. The maximum absolute atomic E-state index is 12.4. The summed E-state index contributed by atoms with van der Waals surface area (Å²) in [6, 6.07) is 2.18. The van der Waals surface area contributed by atoms with Gasteiger partial charge in [-0.25, -0.2) is 0 Å². The van der Waals surface area contributed by atoms with E-state index in [2.05, 4.69) is 33.8 Å². The average molecular weight is 273 g/mol. The van der Waals surface area contributed by atoms with E-state index >= 15 is 0 Å². The Bertz CT molecular complexity index is 524. The molecule has 2 rings (SSSR count). The van der Waals surface area contributed by atoms with E-state index in [0.29, 0.717) is 32.4 Å². The third-order valence-corrected chi connectivity index (χ3v) is 4.52. The molecule has 3 nitrogen and oxygen atoms in total. The first-order valence-corrected chi connectivity index (χ1v) is 7.26. The Balaban J connectivity index is 2.18. The number of Topliss-reactive ketones (excluding diaryl/α,β-unsaturated/α-hetero) is 1. The van der Waals surface area contributed by atoms with Crippen molar-refractivity contribution < 1.29 is 9.59 Å². The molecule has 1 aromatic rings. The highest BCUT2D eigenvalue weighted by Gasteiger charge is 2.22. The Kier molecular flexibility index (Phi) is 4.26. The minimum atomic E-state index is 0.147. The van der Waals surface area contributed by atoms with Gasteiger partial charge in [-0.05, 0) is 55.5 Å². The summed E-state index contributed by atoms with van der Waals surface area (Å²) in [4.78, 5) is 25.5. The minimum absolute atomic E-state index is 0.147. The number of rotatable bonds is 2. The van der Waals surface area contributed by atoms with Crippen molar-refractivity contribution in [2.75, 3.05) is 13.1 Å². The number of likely N-dealkylation sites (tertiary alicyclic amines) is 1. The number of nitrogens with zero attached hydrogens (tertiary/aromatic N) is 1. The van der Waals surface area contributed by atoms with Gasteiger partial charge in [-0.3, -0.25) is 9.59 Å². The number of amides is 1. The molecule has 1 saturated heterocycles. The predicted octanol–water partition coefficient (Wildman–Crippen LogP) is 2.65. The highest BCUT2D eigenvalue weighted by molar-refractivity contribution is 5.84. The number of carbonyl (C=O) groups excluding carboxylic acids is 2. The molecule has 1 aliphatic rings. The number of aryl methyl sites for hydroxylation is 2. The van der Waals surface area contributed by atoms with Gasteiger partial charge in [0.05, 0.1) is 6.42 Å². The number of benzene rings is 1. The Morgan fingerprint density at radius 1 is 1.05 bits per heavy atom. The van der Waals surface area contributed by atoms with E-state index in [1.807, 2.05) is 4.90 Å². The lowest BCUT2D eigenvalue weighted by molar-refractivity contribution is -0.133. The SMILES string of the molecule is Cc1cc(C)c(C)c(CC(=O)N2CCC(=O)CC2)c1C. The summed E-state index contributed by atoms with van der Waals surface area (Å²) in [6.07, 6.45) is 1.47. The molecule has 1 heterocycles. The van der Waals surface area contributed by atoms with Gasteiger partial charge in [0.25, 0.3) is 0 Å². The van der Waals surface area contributed by atoms with Gasteiger partial charge in [0.1, 0.15) is 5.78 Å². The molecule has 0 atom stereocenters. The molecule has 0 N–H and O–H groups in total. The molecule has 108 valence electrons. The van der Waals surface area contributed by atoms with Crippen LogP contribution in [0.1, 0.15) is 40.7 Å². The Labute approximate surface area is 121 Å². The Hall–Kier alpha value is -1.64. The van der Waals surface area contributed by atoms with E-state index in [0.717, 1.165) is 5.56 Å². The van der Waals surface area contributed by atoms with Crippen LogP contribution in [0.5, 0.6) is 0 Å². The molecule has 0 bridgehead atoms. The van der Waals surface area contributed by atoms with Gasteiger partial charge in [-0.2, -0.15) is 0 Å². The lowest BCUT2D eigenvalue weighted by atomic mass is 9.92. The van der Waals surface area contributed by atoms with Gasteiger partial charge in [0.15, 0.2) is 0 Å². The normalized spacial score (nSPS) is 15.6. The Morgan fingerprint density at radius 3 is 2.05 bits per heavy atom. The maximum Gasteiger partial charge on any atom is 0.227 e. The van der Waals surface area contributed by atoms with Crippen LogP contribution in [0.2, 0.25) is 0 Å². The molecule has 0 saturated carbocycles. The van der Waals surface area contributed by atoms with Crippen molar-refractivity contribution >= 4 is 11.7 Å². The largest absolute Gasteiger partial charge is 0.342 e. The van der Waals surface area contributed by atoms with Crippen molar-refractivity contribution in [1.29, 1.82) is 0 Å².